The number of aliphatic carboxylic acids is 1. The lowest BCUT2D eigenvalue weighted by Gasteiger charge is -2.03. The molecule has 1 N–H and O–H groups in total. The van der Waals surface area contributed by atoms with E-state index < -0.39 is 23.3 Å². The number of Topliss-reactive ketones (excluding diaryl/α,β-unsaturated/α-hetero) is 1. The quantitative estimate of drug-likeness (QED) is 0.879. The molecule has 1 aromatic heterocycles. The minimum atomic E-state index is -2.44. The van der Waals surface area contributed by atoms with E-state index in [1.54, 1.807) is 6.07 Å². The number of carboxylic acid groups (broad SMARTS) is 1. The molecule has 1 saturated carbocycles. The monoisotopic (exact) mass is 282 g/mol. The molecule has 1 aliphatic carbocycles. The highest BCUT2D eigenvalue weighted by molar-refractivity contribution is 6.35. The van der Waals surface area contributed by atoms with Crippen molar-refractivity contribution in [1.29, 1.82) is 0 Å². The smallest absolute Gasteiger partial charge is 0.342 e. The minimum absolute atomic E-state index is 0.199. The molecule has 0 radical (unpaired) electrons. The van der Waals surface area contributed by atoms with E-state index in [2.05, 4.69) is 0 Å². The zero-order valence-corrected chi connectivity index (χ0v) is 10.3. The van der Waals surface area contributed by atoms with Gasteiger partial charge in [0.05, 0.1) is 17.2 Å². The number of carbonyl (C=O) groups excluding carboxylic acids is 1. The molecule has 2 unspecified atom stereocenters. The third-order valence-corrected chi connectivity index (χ3v) is 3.64. The van der Waals surface area contributed by atoms with Gasteiger partial charge in [0.15, 0.2) is 11.4 Å². The summed E-state index contributed by atoms with van der Waals surface area (Å²) in [6.07, 6.45) is 1.14. The van der Waals surface area contributed by atoms with Crippen molar-refractivity contribution in [2.24, 2.45) is 5.92 Å². The van der Waals surface area contributed by atoms with Crippen LogP contribution in [0.5, 0.6) is 0 Å². The number of alkyl halides is 1. The van der Waals surface area contributed by atoms with E-state index in [4.69, 9.17) is 21.1 Å². The average molecular weight is 283 g/mol. The first-order valence-corrected chi connectivity index (χ1v) is 5.94. The van der Waals surface area contributed by atoms with Crippen LogP contribution in [0.3, 0.4) is 0 Å². The number of fused-ring (bicyclic) bond motifs is 1. The lowest BCUT2D eigenvalue weighted by atomic mass is 10.0. The Kier molecular flexibility index (Phi) is 2.44. The molecule has 1 heterocycles. The average Bonchev–Trinajstić information content (AvgIpc) is 2.85. The van der Waals surface area contributed by atoms with Gasteiger partial charge in [-0.25, -0.2) is 9.18 Å². The molecule has 0 spiro atoms. The summed E-state index contributed by atoms with van der Waals surface area (Å²) < 4.78 is 18.8. The highest BCUT2D eigenvalue weighted by Crippen LogP contribution is 2.49. The maximum absolute atomic E-state index is 13.7. The Morgan fingerprint density at radius 3 is 2.84 bits per heavy atom. The first-order chi connectivity index (χ1) is 8.93. The Labute approximate surface area is 111 Å². The molecular weight excluding hydrogens is 275 g/mol. The minimum Gasteiger partial charge on any atom is -0.479 e. The molecule has 0 amide bonds. The molecule has 98 valence electrons. The summed E-state index contributed by atoms with van der Waals surface area (Å²) in [4.78, 5) is 22.8. The molecule has 0 bridgehead atoms. The van der Waals surface area contributed by atoms with Gasteiger partial charge in [-0.1, -0.05) is 11.6 Å². The first-order valence-electron chi connectivity index (χ1n) is 5.57. The number of carbonyl (C=O) groups is 2. The molecule has 1 fully saturated rings. The predicted octanol–water partition coefficient (Wildman–Crippen LogP) is 3.08. The van der Waals surface area contributed by atoms with E-state index in [1.165, 1.54) is 18.4 Å². The van der Waals surface area contributed by atoms with Crippen LogP contribution in [-0.4, -0.2) is 22.5 Å². The lowest BCUT2D eigenvalue weighted by Crippen LogP contribution is -2.22. The third-order valence-electron chi connectivity index (χ3n) is 3.36. The highest BCUT2D eigenvalue weighted by atomic mass is 35.5. The molecular formula is C13H8ClFO4. The predicted molar refractivity (Wildman–Crippen MR) is 65.1 cm³/mol. The SMILES string of the molecule is O=C(c1cc(Cl)c2occc2c1)C1CC1(F)C(=O)O. The summed E-state index contributed by atoms with van der Waals surface area (Å²) in [5.74, 6) is -3.28. The van der Waals surface area contributed by atoms with Crippen molar-refractivity contribution in [2.45, 2.75) is 12.1 Å². The number of hydrogen-bond acceptors (Lipinski definition) is 3. The third kappa shape index (κ3) is 1.73. The largest absolute Gasteiger partial charge is 0.479 e. The molecule has 0 aliphatic heterocycles. The van der Waals surface area contributed by atoms with Crippen LogP contribution >= 0.6 is 11.6 Å². The second kappa shape index (κ2) is 3.81. The van der Waals surface area contributed by atoms with Crippen molar-refractivity contribution in [2.75, 3.05) is 0 Å². The number of halogens is 2. The van der Waals surface area contributed by atoms with Crippen LogP contribution in [0, 0.1) is 5.92 Å². The van der Waals surface area contributed by atoms with Gasteiger partial charge in [-0.3, -0.25) is 4.79 Å². The van der Waals surface area contributed by atoms with Crippen molar-refractivity contribution in [1.82, 2.24) is 0 Å². The number of benzene rings is 1. The van der Waals surface area contributed by atoms with E-state index in [1.807, 2.05) is 0 Å². The summed E-state index contributed by atoms with van der Waals surface area (Å²) >= 11 is 5.95. The molecule has 6 heteroatoms. The van der Waals surface area contributed by atoms with Crippen LogP contribution in [0.25, 0.3) is 11.0 Å². The van der Waals surface area contributed by atoms with Crippen LogP contribution in [0.4, 0.5) is 4.39 Å². The van der Waals surface area contributed by atoms with Gasteiger partial charge in [0.2, 0.25) is 5.67 Å². The van der Waals surface area contributed by atoms with E-state index in [-0.39, 0.29) is 17.0 Å². The summed E-state index contributed by atoms with van der Waals surface area (Å²) in [7, 11) is 0. The zero-order chi connectivity index (χ0) is 13.8. The second-order valence-corrected chi connectivity index (χ2v) is 4.99. The summed E-state index contributed by atoms with van der Waals surface area (Å²) in [5, 5.41) is 9.57. The second-order valence-electron chi connectivity index (χ2n) is 4.59. The Bertz CT molecular complexity index is 708. The number of hydrogen-bond donors (Lipinski definition) is 1. The van der Waals surface area contributed by atoms with Crippen LogP contribution in [0.15, 0.2) is 28.9 Å². The fourth-order valence-corrected chi connectivity index (χ4v) is 2.43. The van der Waals surface area contributed by atoms with Gasteiger partial charge in [-0.05, 0) is 18.2 Å². The molecule has 4 nitrogen and oxygen atoms in total. The van der Waals surface area contributed by atoms with Crippen molar-refractivity contribution in [3.63, 3.8) is 0 Å². The maximum Gasteiger partial charge on any atom is 0.342 e. The normalized spacial score (nSPS) is 25.5. The van der Waals surface area contributed by atoms with E-state index in [9.17, 15) is 14.0 Å². The van der Waals surface area contributed by atoms with Gasteiger partial charge >= 0.3 is 5.97 Å². The fraction of sp³-hybridized carbons (Fsp3) is 0.231. The molecule has 2 aromatic rings. The van der Waals surface area contributed by atoms with Gasteiger partial charge in [-0.15, -0.1) is 0 Å². The molecule has 0 saturated heterocycles. The number of ketones is 1. The van der Waals surface area contributed by atoms with Crippen molar-refractivity contribution < 1.29 is 23.5 Å². The van der Waals surface area contributed by atoms with Crippen LogP contribution in [0.2, 0.25) is 5.02 Å². The highest BCUT2D eigenvalue weighted by Gasteiger charge is 2.65. The van der Waals surface area contributed by atoms with Crippen LogP contribution < -0.4 is 0 Å². The Hall–Kier alpha value is -1.88. The lowest BCUT2D eigenvalue weighted by molar-refractivity contribution is -0.145. The Morgan fingerprint density at radius 2 is 2.21 bits per heavy atom. The standard InChI is InChI=1S/C13H8ClFO4/c14-9-4-7(3-6-1-2-19-11(6)9)10(16)8-5-13(8,15)12(17)18/h1-4,8H,5H2,(H,17,18). The summed E-state index contributed by atoms with van der Waals surface area (Å²) in [6, 6.07) is 4.52. The summed E-state index contributed by atoms with van der Waals surface area (Å²) in [5.41, 5.74) is -1.79. The van der Waals surface area contributed by atoms with Crippen molar-refractivity contribution in [3.8, 4) is 0 Å². The zero-order valence-electron chi connectivity index (χ0n) is 9.52. The van der Waals surface area contributed by atoms with Gasteiger partial charge in [0, 0.05) is 17.4 Å². The molecule has 1 aliphatic rings. The Balaban J connectivity index is 1.97. The molecule has 1 aromatic carbocycles. The Morgan fingerprint density at radius 1 is 1.47 bits per heavy atom. The molecule has 19 heavy (non-hydrogen) atoms. The van der Waals surface area contributed by atoms with Crippen LogP contribution in [0.1, 0.15) is 16.8 Å². The number of furan rings is 1. The fourth-order valence-electron chi connectivity index (χ4n) is 2.16. The molecule has 2 atom stereocenters. The van der Waals surface area contributed by atoms with E-state index >= 15 is 0 Å². The van der Waals surface area contributed by atoms with E-state index in [0.29, 0.717) is 11.0 Å². The number of rotatable bonds is 3. The van der Waals surface area contributed by atoms with Gasteiger partial charge in [0.1, 0.15) is 0 Å². The van der Waals surface area contributed by atoms with Gasteiger partial charge in [-0.2, -0.15) is 0 Å². The topological polar surface area (TPSA) is 67.5 Å². The van der Waals surface area contributed by atoms with Crippen LogP contribution in [-0.2, 0) is 4.79 Å². The molecule has 3 rings (SSSR count). The van der Waals surface area contributed by atoms with Gasteiger partial charge in [0.25, 0.3) is 0 Å². The van der Waals surface area contributed by atoms with Crippen molar-refractivity contribution >= 4 is 34.3 Å². The van der Waals surface area contributed by atoms with Crippen molar-refractivity contribution in [3.05, 3.63) is 35.0 Å². The van der Waals surface area contributed by atoms with Gasteiger partial charge < -0.3 is 9.52 Å². The number of carboxylic acids is 1. The first kappa shape index (κ1) is 12.2. The maximum atomic E-state index is 13.7. The summed E-state index contributed by atoms with van der Waals surface area (Å²) in [6.45, 7) is 0. The van der Waals surface area contributed by atoms with E-state index in [0.717, 1.165) is 0 Å².